The van der Waals surface area contributed by atoms with Crippen molar-refractivity contribution in [3.8, 4) is 0 Å². The third-order valence-electron chi connectivity index (χ3n) is 7.20. The van der Waals surface area contributed by atoms with Crippen LogP contribution in [0.1, 0.15) is 55.8 Å². The molecule has 1 saturated heterocycles. The minimum Gasteiger partial charge on any atom is -0.352 e. The molecule has 3 fully saturated rings. The number of nitrogens with zero attached hydrogens (tertiary/aromatic N) is 2. The monoisotopic (exact) mass is 447 g/mol. The molecule has 2 unspecified atom stereocenters. The van der Waals surface area contributed by atoms with Crippen LogP contribution in [0.5, 0.6) is 0 Å². The molecule has 1 aliphatic heterocycles. The minimum absolute atomic E-state index is 0.0383. The third kappa shape index (κ3) is 5.12. The van der Waals surface area contributed by atoms with E-state index in [4.69, 9.17) is 0 Å². The van der Waals surface area contributed by atoms with Gasteiger partial charge < -0.3 is 10.2 Å². The maximum atomic E-state index is 12.9. The Hall–Kier alpha value is -1.93. The van der Waals surface area contributed by atoms with Gasteiger partial charge in [0, 0.05) is 45.2 Å². The molecule has 1 heterocycles. The summed E-state index contributed by atoms with van der Waals surface area (Å²) in [6.07, 6.45) is 7.97. The smallest absolute Gasteiger partial charge is 0.251 e. The summed E-state index contributed by atoms with van der Waals surface area (Å²) in [6.45, 7) is 3.57. The molecule has 0 bridgehead atoms. The van der Waals surface area contributed by atoms with Crippen molar-refractivity contribution in [2.24, 2.45) is 17.8 Å². The van der Waals surface area contributed by atoms with Crippen molar-refractivity contribution < 1.29 is 18.0 Å². The average Bonchev–Trinajstić information content (AvgIpc) is 3.58. The molecule has 7 nitrogen and oxygen atoms in total. The second-order valence-electron chi connectivity index (χ2n) is 9.20. The van der Waals surface area contributed by atoms with E-state index in [0.29, 0.717) is 31.1 Å². The van der Waals surface area contributed by atoms with Gasteiger partial charge in [0.1, 0.15) is 0 Å². The number of sulfonamides is 1. The molecule has 1 aromatic carbocycles. The van der Waals surface area contributed by atoms with Gasteiger partial charge in [0.2, 0.25) is 15.9 Å². The van der Waals surface area contributed by atoms with Crippen LogP contribution < -0.4 is 5.32 Å². The van der Waals surface area contributed by atoms with Crippen LogP contribution in [-0.2, 0) is 14.8 Å². The summed E-state index contributed by atoms with van der Waals surface area (Å²) in [7, 11) is -3.63. The zero-order chi connectivity index (χ0) is 22.0. The Kier molecular flexibility index (Phi) is 6.67. The lowest BCUT2D eigenvalue weighted by Gasteiger charge is -2.33. The highest BCUT2D eigenvalue weighted by molar-refractivity contribution is 7.89. The van der Waals surface area contributed by atoms with Gasteiger partial charge in [-0.05, 0) is 48.4 Å². The fraction of sp³-hybridized carbons (Fsp3) is 0.652. The number of nitrogens with one attached hydrogen (secondary N) is 1. The number of carbonyl (C=O) groups is 2. The first-order chi connectivity index (χ1) is 14.9. The second-order valence-corrected chi connectivity index (χ2v) is 11.1. The van der Waals surface area contributed by atoms with E-state index in [1.165, 1.54) is 61.9 Å². The standard InChI is InChI=1S/C23H33N3O4S/c1-17(27)25-11-13-26(14-12-25)31(29,30)21-9-7-19(8-10-21)23(28)24-16-20-15-22(20)18-5-3-2-4-6-18/h7-10,18,20,22H,2-6,11-16H2,1H3,(H,24,28). The molecule has 2 aliphatic carbocycles. The van der Waals surface area contributed by atoms with E-state index >= 15 is 0 Å². The molecule has 31 heavy (non-hydrogen) atoms. The molecule has 0 radical (unpaired) electrons. The van der Waals surface area contributed by atoms with Crippen molar-refractivity contribution in [1.29, 1.82) is 0 Å². The van der Waals surface area contributed by atoms with Crippen molar-refractivity contribution in [1.82, 2.24) is 14.5 Å². The third-order valence-corrected chi connectivity index (χ3v) is 9.11. The van der Waals surface area contributed by atoms with E-state index in [-0.39, 0.29) is 29.8 Å². The Bertz CT molecular complexity index is 901. The molecule has 0 aromatic heterocycles. The quantitative estimate of drug-likeness (QED) is 0.726. The van der Waals surface area contributed by atoms with E-state index in [1.54, 1.807) is 17.0 Å². The predicted octanol–water partition coefficient (Wildman–Crippen LogP) is 2.49. The van der Waals surface area contributed by atoms with E-state index in [1.807, 2.05) is 0 Å². The van der Waals surface area contributed by atoms with Crippen molar-refractivity contribution in [3.63, 3.8) is 0 Å². The van der Waals surface area contributed by atoms with E-state index in [0.717, 1.165) is 11.8 Å². The molecule has 170 valence electrons. The molecule has 1 aromatic rings. The molecule has 4 rings (SSSR count). The summed E-state index contributed by atoms with van der Waals surface area (Å²) in [5.74, 6) is 2.03. The summed E-state index contributed by atoms with van der Waals surface area (Å²) >= 11 is 0. The van der Waals surface area contributed by atoms with Crippen LogP contribution in [0.15, 0.2) is 29.2 Å². The molecular formula is C23H33N3O4S. The molecule has 2 amide bonds. The molecule has 0 spiro atoms. The number of carbonyl (C=O) groups excluding carboxylic acids is 2. The second kappa shape index (κ2) is 9.28. The van der Waals surface area contributed by atoms with Crippen molar-refractivity contribution >= 4 is 21.8 Å². The van der Waals surface area contributed by atoms with Crippen LogP contribution in [-0.4, -0.2) is 62.2 Å². The van der Waals surface area contributed by atoms with Gasteiger partial charge in [0.05, 0.1) is 4.90 Å². The van der Waals surface area contributed by atoms with Gasteiger partial charge in [0.15, 0.2) is 0 Å². The van der Waals surface area contributed by atoms with E-state index < -0.39 is 10.0 Å². The van der Waals surface area contributed by atoms with Crippen LogP contribution in [0.2, 0.25) is 0 Å². The molecule has 2 saturated carbocycles. The Morgan fingerprint density at radius 2 is 1.65 bits per heavy atom. The van der Waals surface area contributed by atoms with Crippen molar-refractivity contribution in [2.45, 2.75) is 50.3 Å². The number of piperazine rings is 1. The van der Waals surface area contributed by atoms with Crippen LogP contribution >= 0.6 is 0 Å². The lowest BCUT2D eigenvalue weighted by atomic mass is 9.85. The van der Waals surface area contributed by atoms with Crippen LogP contribution in [0.4, 0.5) is 0 Å². The zero-order valence-electron chi connectivity index (χ0n) is 18.3. The van der Waals surface area contributed by atoms with Crippen molar-refractivity contribution in [2.75, 3.05) is 32.7 Å². The Balaban J connectivity index is 1.28. The van der Waals surface area contributed by atoms with Gasteiger partial charge in [-0.3, -0.25) is 9.59 Å². The first-order valence-corrected chi connectivity index (χ1v) is 12.9. The molecule has 3 aliphatic rings. The van der Waals surface area contributed by atoms with Gasteiger partial charge in [-0.15, -0.1) is 0 Å². The maximum Gasteiger partial charge on any atom is 0.251 e. The number of amides is 2. The van der Waals surface area contributed by atoms with Crippen molar-refractivity contribution in [3.05, 3.63) is 29.8 Å². The topological polar surface area (TPSA) is 86.8 Å². The lowest BCUT2D eigenvalue weighted by Crippen LogP contribution is -2.49. The number of hydrogen-bond acceptors (Lipinski definition) is 4. The number of benzene rings is 1. The maximum absolute atomic E-state index is 12.9. The predicted molar refractivity (Wildman–Crippen MR) is 118 cm³/mol. The summed E-state index contributed by atoms with van der Waals surface area (Å²) in [5.41, 5.74) is 0.482. The Labute approximate surface area is 185 Å². The van der Waals surface area contributed by atoms with Gasteiger partial charge in [-0.25, -0.2) is 8.42 Å². The highest BCUT2D eigenvalue weighted by Crippen LogP contribution is 2.48. The average molecular weight is 448 g/mol. The SMILES string of the molecule is CC(=O)N1CCN(S(=O)(=O)c2ccc(C(=O)NCC3CC3C3CCCCC3)cc2)CC1. The summed E-state index contributed by atoms with van der Waals surface area (Å²) in [4.78, 5) is 25.8. The lowest BCUT2D eigenvalue weighted by molar-refractivity contribution is -0.129. The minimum atomic E-state index is -3.63. The normalized spacial score (nSPS) is 25.3. The summed E-state index contributed by atoms with van der Waals surface area (Å²) in [5, 5.41) is 3.03. The van der Waals surface area contributed by atoms with Gasteiger partial charge in [0.25, 0.3) is 5.91 Å². The first-order valence-electron chi connectivity index (χ1n) is 11.5. The number of rotatable bonds is 6. The van der Waals surface area contributed by atoms with Crippen LogP contribution in [0.25, 0.3) is 0 Å². The van der Waals surface area contributed by atoms with E-state index in [9.17, 15) is 18.0 Å². The zero-order valence-corrected chi connectivity index (χ0v) is 19.1. The number of hydrogen-bond donors (Lipinski definition) is 1. The first kappa shape index (κ1) is 22.3. The molecular weight excluding hydrogens is 414 g/mol. The molecule has 2 atom stereocenters. The highest BCUT2D eigenvalue weighted by Gasteiger charge is 2.42. The van der Waals surface area contributed by atoms with E-state index in [2.05, 4.69) is 5.32 Å². The molecule has 1 N–H and O–H groups in total. The summed E-state index contributed by atoms with van der Waals surface area (Å²) < 4.78 is 27.2. The fourth-order valence-corrected chi connectivity index (χ4v) is 6.56. The van der Waals surface area contributed by atoms with Gasteiger partial charge in [-0.1, -0.05) is 32.1 Å². The Morgan fingerprint density at radius 1 is 1.00 bits per heavy atom. The van der Waals surface area contributed by atoms with Crippen LogP contribution in [0.3, 0.4) is 0 Å². The molecule has 8 heteroatoms. The van der Waals surface area contributed by atoms with Gasteiger partial charge >= 0.3 is 0 Å². The Morgan fingerprint density at radius 3 is 2.26 bits per heavy atom. The van der Waals surface area contributed by atoms with Gasteiger partial charge in [-0.2, -0.15) is 4.31 Å². The van der Waals surface area contributed by atoms with Crippen LogP contribution in [0, 0.1) is 17.8 Å². The fourth-order valence-electron chi connectivity index (χ4n) is 5.14. The highest BCUT2D eigenvalue weighted by atomic mass is 32.2. The largest absolute Gasteiger partial charge is 0.352 e. The summed E-state index contributed by atoms with van der Waals surface area (Å²) in [6, 6.07) is 6.17.